The number of aliphatic carboxylic acids is 1. The number of hydrogen-bond donors (Lipinski definition) is 2. The number of carbonyl (C=O) groups excluding carboxylic acids is 2. The number of amides is 2. The van der Waals surface area contributed by atoms with Crippen molar-refractivity contribution in [2.24, 2.45) is 0 Å². The fourth-order valence-corrected chi connectivity index (χ4v) is 4.15. The van der Waals surface area contributed by atoms with Gasteiger partial charge in [0.25, 0.3) is 0 Å². The fourth-order valence-electron chi connectivity index (χ4n) is 4.15. The minimum absolute atomic E-state index is 0.0776. The highest BCUT2D eigenvalue weighted by atomic mass is 16.6. The van der Waals surface area contributed by atoms with Gasteiger partial charge in [-0.25, -0.2) is 9.59 Å². The summed E-state index contributed by atoms with van der Waals surface area (Å²) in [4.78, 5) is 39.6. The third kappa shape index (κ3) is 6.39. The van der Waals surface area contributed by atoms with Crippen molar-refractivity contribution in [2.45, 2.75) is 38.1 Å². The van der Waals surface area contributed by atoms with Crippen LogP contribution in [-0.4, -0.2) is 40.1 Å². The van der Waals surface area contributed by atoms with E-state index < -0.39 is 30.1 Å². The molecule has 0 aromatic heterocycles. The Morgan fingerprint density at radius 2 is 1.58 bits per heavy atom. The van der Waals surface area contributed by atoms with Crippen LogP contribution < -0.4 is 5.32 Å². The molecule has 0 bridgehead atoms. The third-order valence-corrected chi connectivity index (χ3v) is 6.09. The van der Waals surface area contributed by atoms with Crippen molar-refractivity contribution in [1.29, 1.82) is 0 Å². The molecule has 3 aromatic rings. The second-order valence-corrected chi connectivity index (χ2v) is 8.60. The molecular formula is C29H28N2O5. The number of carboxylic acids is 1. The summed E-state index contributed by atoms with van der Waals surface area (Å²) in [6.07, 6.45) is 3.29. The number of nitrogens with zero attached hydrogens (tertiary/aromatic N) is 1. The minimum atomic E-state index is -1.14. The molecule has 2 atom stereocenters. The van der Waals surface area contributed by atoms with Crippen molar-refractivity contribution < 1.29 is 24.2 Å². The Morgan fingerprint density at radius 3 is 2.28 bits per heavy atom. The van der Waals surface area contributed by atoms with Gasteiger partial charge in [0.1, 0.15) is 18.7 Å². The lowest BCUT2D eigenvalue weighted by Gasteiger charge is -2.35. The standard InChI is InChI=1S/C29H28N2O5/c32-27(30-25(28(33)34)17-9-14-21-10-3-1-4-11-21)26-18-23-15-7-8-16-24(23)19-31(26)29(35)36-20-22-12-5-2-6-13-22/h1-16,25-26H,17-20H2,(H,30,32)(H,33,34)/b14-9+/t25-,26-/m0/s1. The molecule has 0 aliphatic carbocycles. The maximum atomic E-state index is 13.3. The summed E-state index contributed by atoms with van der Waals surface area (Å²) in [6, 6.07) is 24.4. The van der Waals surface area contributed by atoms with Crippen molar-refractivity contribution >= 4 is 24.0 Å². The van der Waals surface area contributed by atoms with Crippen molar-refractivity contribution in [3.63, 3.8) is 0 Å². The van der Waals surface area contributed by atoms with Gasteiger partial charge in [0, 0.05) is 6.42 Å². The van der Waals surface area contributed by atoms with Crippen LogP contribution in [0, 0.1) is 0 Å². The van der Waals surface area contributed by atoms with E-state index in [1.54, 1.807) is 6.08 Å². The van der Waals surface area contributed by atoms with Crippen LogP contribution in [0.4, 0.5) is 4.79 Å². The van der Waals surface area contributed by atoms with Crippen LogP contribution in [0.15, 0.2) is 91.0 Å². The maximum Gasteiger partial charge on any atom is 0.411 e. The van der Waals surface area contributed by atoms with E-state index in [4.69, 9.17) is 4.74 Å². The topological polar surface area (TPSA) is 95.9 Å². The van der Waals surface area contributed by atoms with Gasteiger partial charge in [0.2, 0.25) is 5.91 Å². The van der Waals surface area contributed by atoms with Gasteiger partial charge >= 0.3 is 12.1 Å². The number of ether oxygens (including phenoxy) is 1. The normalized spacial score (nSPS) is 15.7. The number of benzene rings is 3. The van der Waals surface area contributed by atoms with Crippen molar-refractivity contribution in [3.05, 3.63) is 113 Å². The number of nitrogens with one attached hydrogen (secondary N) is 1. The molecule has 1 aliphatic heterocycles. The number of hydrogen-bond acceptors (Lipinski definition) is 4. The number of fused-ring (bicyclic) bond motifs is 1. The van der Waals surface area contributed by atoms with Crippen LogP contribution in [0.25, 0.3) is 6.08 Å². The lowest BCUT2D eigenvalue weighted by Crippen LogP contribution is -2.55. The largest absolute Gasteiger partial charge is 0.480 e. The van der Waals surface area contributed by atoms with E-state index >= 15 is 0 Å². The molecule has 36 heavy (non-hydrogen) atoms. The van der Waals surface area contributed by atoms with E-state index in [9.17, 15) is 19.5 Å². The third-order valence-electron chi connectivity index (χ3n) is 6.09. The summed E-state index contributed by atoms with van der Waals surface area (Å²) in [5.74, 6) is -1.67. The Morgan fingerprint density at radius 1 is 0.944 bits per heavy atom. The van der Waals surface area contributed by atoms with Crippen LogP contribution in [-0.2, 0) is 33.9 Å². The molecule has 0 saturated carbocycles. The maximum absolute atomic E-state index is 13.3. The second kappa shape index (κ2) is 11.8. The zero-order chi connectivity index (χ0) is 25.3. The molecule has 7 nitrogen and oxygen atoms in total. The summed E-state index contributed by atoms with van der Waals surface area (Å²) in [5, 5.41) is 12.3. The Hall–Kier alpha value is -4.39. The van der Waals surface area contributed by atoms with Gasteiger partial charge in [0.15, 0.2) is 0 Å². The summed E-state index contributed by atoms with van der Waals surface area (Å²) < 4.78 is 5.51. The van der Waals surface area contributed by atoms with Gasteiger partial charge in [-0.05, 0) is 28.7 Å². The van der Waals surface area contributed by atoms with E-state index in [1.165, 1.54) is 4.90 Å². The Kier molecular flexibility index (Phi) is 8.13. The summed E-state index contributed by atoms with van der Waals surface area (Å²) in [5.41, 5.74) is 3.64. The molecule has 0 spiro atoms. The average Bonchev–Trinajstić information content (AvgIpc) is 2.91. The average molecular weight is 485 g/mol. The molecular weight excluding hydrogens is 456 g/mol. The molecule has 184 valence electrons. The molecule has 3 aromatic carbocycles. The Bertz CT molecular complexity index is 1230. The predicted octanol–water partition coefficient (Wildman–Crippen LogP) is 4.42. The zero-order valence-corrected chi connectivity index (χ0v) is 19.7. The monoisotopic (exact) mass is 484 g/mol. The zero-order valence-electron chi connectivity index (χ0n) is 19.7. The molecule has 2 amide bonds. The lowest BCUT2D eigenvalue weighted by atomic mass is 9.93. The Labute approximate surface area is 210 Å². The SMILES string of the molecule is O=C(O)[C@H](C/C=C/c1ccccc1)NC(=O)[C@@H]1Cc2ccccc2CN1C(=O)OCc1ccccc1. The number of carbonyl (C=O) groups is 3. The highest BCUT2D eigenvalue weighted by Crippen LogP contribution is 2.25. The van der Waals surface area contributed by atoms with E-state index in [0.29, 0.717) is 0 Å². The molecule has 1 aliphatic rings. The number of carboxylic acid groups (broad SMARTS) is 1. The van der Waals surface area contributed by atoms with E-state index in [1.807, 2.05) is 91.0 Å². The van der Waals surface area contributed by atoms with Gasteiger partial charge in [-0.1, -0.05) is 97.1 Å². The van der Waals surface area contributed by atoms with Crippen molar-refractivity contribution in [1.82, 2.24) is 10.2 Å². The van der Waals surface area contributed by atoms with Gasteiger partial charge in [-0.3, -0.25) is 9.69 Å². The molecule has 0 saturated heterocycles. The van der Waals surface area contributed by atoms with Gasteiger partial charge in [-0.15, -0.1) is 0 Å². The van der Waals surface area contributed by atoms with Crippen LogP contribution in [0.2, 0.25) is 0 Å². The van der Waals surface area contributed by atoms with Crippen LogP contribution in [0.3, 0.4) is 0 Å². The first-order valence-electron chi connectivity index (χ1n) is 11.8. The van der Waals surface area contributed by atoms with Crippen LogP contribution >= 0.6 is 0 Å². The summed E-state index contributed by atoms with van der Waals surface area (Å²) in [7, 11) is 0. The second-order valence-electron chi connectivity index (χ2n) is 8.60. The highest BCUT2D eigenvalue weighted by Gasteiger charge is 2.37. The quantitative estimate of drug-likeness (QED) is 0.493. The van der Waals surface area contributed by atoms with Gasteiger partial charge in [-0.2, -0.15) is 0 Å². The molecule has 2 N–H and O–H groups in total. The molecule has 1 heterocycles. The first-order chi connectivity index (χ1) is 17.5. The summed E-state index contributed by atoms with van der Waals surface area (Å²) >= 11 is 0. The predicted molar refractivity (Wildman–Crippen MR) is 136 cm³/mol. The van der Waals surface area contributed by atoms with Crippen LogP contribution in [0.5, 0.6) is 0 Å². The molecule has 4 rings (SSSR count). The molecule has 7 heteroatoms. The molecule has 0 fully saturated rings. The lowest BCUT2D eigenvalue weighted by molar-refractivity contribution is -0.142. The van der Waals surface area contributed by atoms with E-state index in [2.05, 4.69) is 5.32 Å². The van der Waals surface area contributed by atoms with Gasteiger partial charge in [0.05, 0.1) is 6.54 Å². The van der Waals surface area contributed by atoms with Gasteiger partial charge < -0.3 is 15.2 Å². The smallest absolute Gasteiger partial charge is 0.411 e. The highest BCUT2D eigenvalue weighted by molar-refractivity contribution is 5.90. The van der Waals surface area contributed by atoms with Crippen LogP contribution in [0.1, 0.15) is 28.7 Å². The molecule has 0 radical (unpaired) electrons. The van der Waals surface area contributed by atoms with E-state index in [0.717, 1.165) is 22.3 Å². The number of rotatable bonds is 8. The first kappa shape index (κ1) is 24.7. The van der Waals surface area contributed by atoms with Crippen molar-refractivity contribution in [3.8, 4) is 0 Å². The fraction of sp³-hybridized carbons (Fsp3) is 0.207. The first-order valence-corrected chi connectivity index (χ1v) is 11.8. The van der Waals surface area contributed by atoms with Crippen molar-refractivity contribution in [2.75, 3.05) is 0 Å². The molecule has 0 unspecified atom stereocenters. The summed E-state index contributed by atoms with van der Waals surface area (Å²) in [6.45, 7) is 0.279. The van der Waals surface area contributed by atoms with E-state index in [-0.39, 0.29) is 26.0 Å². The Balaban J connectivity index is 1.47. The minimum Gasteiger partial charge on any atom is -0.480 e.